The molecule has 3 atom stereocenters. The van der Waals surface area contributed by atoms with Crippen LogP contribution in [0.1, 0.15) is 90.4 Å². The van der Waals surface area contributed by atoms with Crippen molar-refractivity contribution in [1.82, 2.24) is 69.2 Å². The van der Waals surface area contributed by atoms with Gasteiger partial charge in [-0.25, -0.2) is 19.1 Å². The van der Waals surface area contributed by atoms with E-state index < -0.39 is 201 Å². The zero-order valence-corrected chi connectivity index (χ0v) is 65.4. The van der Waals surface area contributed by atoms with Crippen LogP contribution >= 0.6 is 0 Å². The van der Waals surface area contributed by atoms with Crippen LogP contribution < -0.4 is 31.6 Å². The molecule has 0 unspecified atom stereocenters. The van der Waals surface area contributed by atoms with Crippen molar-refractivity contribution in [3.05, 3.63) is 97.6 Å². The van der Waals surface area contributed by atoms with E-state index >= 15 is 4.39 Å². The number of aromatic nitrogens is 2. The van der Waals surface area contributed by atoms with Crippen molar-refractivity contribution in [1.29, 1.82) is 0 Å². The number of nitrogens with one attached hydrogen (secondary N) is 2. The first kappa shape index (κ1) is 87.0. The first-order valence-electron chi connectivity index (χ1n) is 36.2. The van der Waals surface area contributed by atoms with Crippen molar-refractivity contribution in [3.8, 4) is 17.1 Å². The molecule has 5 heterocycles. The monoisotopic (exact) mass is 1590 g/mol. The summed E-state index contributed by atoms with van der Waals surface area (Å²) >= 11 is 0. The van der Waals surface area contributed by atoms with E-state index in [1.54, 1.807) is 13.8 Å². The molecule has 0 saturated heterocycles. The van der Waals surface area contributed by atoms with Crippen LogP contribution in [0.25, 0.3) is 22.3 Å². The number of halogens is 1. The predicted octanol–water partition coefficient (Wildman–Crippen LogP) is -3.12. The van der Waals surface area contributed by atoms with Gasteiger partial charge in [0.15, 0.2) is 5.60 Å². The molecule has 2 aromatic heterocycles. The van der Waals surface area contributed by atoms with Crippen molar-refractivity contribution in [3.63, 3.8) is 0 Å². The Morgan fingerprint density at radius 1 is 0.640 bits per heavy atom. The Labute approximate surface area is 653 Å². The molecule has 0 radical (unpaired) electrons. The number of fused-ring (bicyclic) bond motifs is 5. The SMILES string of the molecule is CC[C@@]1(O)C(=O)OCc2c1cc1n(c2=O)Cc2c-1nc1cc(F)c(C)c3c1c2[C@@H](NC(=O)[C@H](CC(N)=O)NC(=O)CCc1ccc(N2C(=O)C=CC2=O)cc1OCCCC(=O)N(C)CC(=O)N(C)CC(=O)N(C)CC(=O)N(C)CC(=O)N(C)CC(=O)N(C)CC(=O)N(C)CC(=O)N(C)CC(=O)N(C)CC(=O)N(C)CC(=O)O)CC3. The van der Waals surface area contributed by atoms with E-state index in [0.717, 1.165) is 66.1 Å². The van der Waals surface area contributed by atoms with E-state index in [2.05, 4.69) is 10.6 Å². The molecule has 8 rings (SSSR count). The maximum Gasteiger partial charge on any atom is 0.343 e. The Kier molecular flexibility index (Phi) is 28.0. The van der Waals surface area contributed by atoms with Gasteiger partial charge in [0.2, 0.25) is 76.8 Å². The highest BCUT2D eigenvalue weighted by Crippen LogP contribution is 2.46. The zero-order chi connectivity index (χ0) is 84.4. The Morgan fingerprint density at radius 2 is 1.11 bits per heavy atom. The standard InChI is InChI=1S/C75H93FN16O22/c1-13-75(112)47-26-52-71-45(29-91(52)73(110)46(47)40-114-74(75)111)70-49(20-19-44-41(2)48(76)27-50(79-71)69(44)70)80-72(109)51(28-54(77)93)78-55(94)21-17-42-16-18-43(92-57(96)22-23-58(92)97)25-53(42)113-24-14-15-56(95)81(3)30-59(98)82(4)31-60(99)83(5)32-61(100)84(6)33-62(101)85(7)34-63(102)86(8)35-64(103)87(9)36-65(104)88(10)37-66(105)89(11)38-67(106)90(12)39-68(107)108/h16,18,22-23,25-27,49,51,112H,13-15,17,19-21,24,28-40H2,1-12H3,(H2,77,93)(H,78,94)(H,80,109)(H,107,108)/t49-,51-,75-/m0/s1. The molecule has 612 valence electrons. The molecule has 0 fully saturated rings. The average Bonchev–Trinajstić information content (AvgIpc) is 1.51. The van der Waals surface area contributed by atoms with E-state index in [4.69, 9.17) is 25.3 Å². The summed E-state index contributed by atoms with van der Waals surface area (Å²) in [5, 5.41) is 26.5. The van der Waals surface area contributed by atoms with Crippen LogP contribution in [-0.4, -0.2) is 318 Å². The third-order valence-corrected chi connectivity index (χ3v) is 20.3. The number of cyclic esters (lactones) is 1. The lowest BCUT2D eigenvalue weighted by molar-refractivity contribution is -0.172. The number of carboxylic acids is 1. The Bertz CT molecular complexity index is 4720. The molecular formula is C75H93FN16O22. The van der Waals surface area contributed by atoms with Gasteiger partial charge in [-0.3, -0.25) is 81.5 Å². The fourth-order valence-electron chi connectivity index (χ4n) is 13.2. The summed E-state index contributed by atoms with van der Waals surface area (Å²) in [6.07, 6.45) is 1.32. The fourth-order valence-corrected chi connectivity index (χ4v) is 13.2. The number of esters is 1. The fraction of sp³-hybridized carbons (Fsp3) is 0.480. The molecule has 0 spiro atoms. The number of aryl methyl sites for hydroxylation is 2. The quantitative estimate of drug-likeness (QED) is 0.0152. The molecule has 4 aromatic rings. The molecule has 39 heteroatoms. The average molecular weight is 1590 g/mol. The minimum Gasteiger partial charge on any atom is -0.493 e. The Hall–Kier alpha value is -12.6. The molecule has 2 aromatic carbocycles. The van der Waals surface area contributed by atoms with Crippen molar-refractivity contribution in [2.45, 2.75) is 96.1 Å². The number of carbonyl (C=O) groups is 17. The molecule has 6 N–H and O–H groups in total. The summed E-state index contributed by atoms with van der Waals surface area (Å²) in [4.78, 5) is 251. The van der Waals surface area contributed by atoms with E-state index in [9.17, 15) is 91.4 Å². The molecule has 4 aliphatic rings. The number of hydrogen-bond acceptors (Lipinski definition) is 22. The van der Waals surface area contributed by atoms with Crippen LogP contribution in [0.4, 0.5) is 10.1 Å². The number of imide groups is 1. The number of amides is 15. The lowest BCUT2D eigenvalue weighted by Gasteiger charge is -2.31. The molecule has 15 amide bonds. The van der Waals surface area contributed by atoms with Crippen LogP contribution in [0.3, 0.4) is 0 Å². The van der Waals surface area contributed by atoms with E-state index in [1.165, 1.54) is 105 Å². The number of carboxylic acid groups (broad SMARTS) is 1. The van der Waals surface area contributed by atoms with E-state index in [0.29, 0.717) is 33.2 Å². The number of benzene rings is 2. The highest BCUT2D eigenvalue weighted by Gasteiger charge is 2.46. The van der Waals surface area contributed by atoms with Gasteiger partial charge in [-0.15, -0.1) is 0 Å². The summed E-state index contributed by atoms with van der Waals surface area (Å²) in [5.74, 6) is -12.9. The molecule has 3 aliphatic heterocycles. The van der Waals surface area contributed by atoms with Gasteiger partial charge < -0.3 is 89.6 Å². The number of nitrogens with zero attached hydrogens (tertiary/aromatic N) is 13. The predicted molar refractivity (Wildman–Crippen MR) is 399 cm³/mol. The molecule has 38 nitrogen and oxygen atoms in total. The number of pyridine rings is 2. The minimum atomic E-state index is -2.14. The van der Waals surface area contributed by atoms with Crippen molar-refractivity contribution < 1.29 is 106 Å². The minimum absolute atomic E-state index is 0.0473. The van der Waals surface area contributed by atoms with Gasteiger partial charge in [0.1, 0.15) is 30.8 Å². The molecular weight excluding hydrogens is 1500 g/mol. The zero-order valence-electron chi connectivity index (χ0n) is 65.4. The van der Waals surface area contributed by atoms with Crippen LogP contribution in [0.2, 0.25) is 0 Å². The Balaban J connectivity index is 0.792. The largest absolute Gasteiger partial charge is 0.493 e. The third kappa shape index (κ3) is 20.2. The number of likely N-dealkylation sites (N-methyl/N-ethyl adjacent to an activating group) is 10. The van der Waals surface area contributed by atoms with Crippen LogP contribution in [-0.2, 0) is 118 Å². The molecule has 0 bridgehead atoms. The number of carbonyl (C=O) groups excluding carboxylic acids is 16. The van der Waals surface area contributed by atoms with Crippen LogP contribution in [0.5, 0.6) is 5.75 Å². The van der Waals surface area contributed by atoms with Gasteiger partial charge in [0.25, 0.3) is 17.4 Å². The van der Waals surface area contributed by atoms with Gasteiger partial charge in [0.05, 0.1) is 113 Å². The van der Waals surface area contributed by atoms with Crippen LogP contribution in [0.15, 0.2) is 47.3 Å². The number of ether oxygens (including phenoxy) is 2. The van der Waals surface area contributed by atoms with E-state index in [-0.39, 0.29) is 104 Å². The first-order valence-corrected chi connectivity index (χ1v) is 36.2. The number of aliphatic carboxylic acids is 1. The molecule has 0 saturated carbocycles. The molecule has 114 heavy (non-hydrogen) atoms. The normalized spacial score (nSPS) is 15.1. The smallest absolute Gasteiger partial charge is 0.343 e. The van der Waals surface area contributed by atoms with Gasteiger partial charge in [0, 0.05) is 124 Å². The van der Waals surface area contributed by atoms with Crippen molar-refractivity contribution in [2.75, 3.05) is 147 Å². The van der Waals surface area contributed by atoms with Gasteiger partial charge in [-0.1, -0.05) is 13.0 Å². The number of hydrogen-bond donors (Lipinski definition) is 5. The third-order valence-electron chi connectivity index (χ3n) is 20.3. The number of aliphatic hydroxyl groups is 1. The second-order valence-corrected chi connectivity index (χ2v) is 28.7. The van der Waals surface area contributed by atoms with E-state index in [1.807, 2.05) is 0 Å². The molecule has 1 aliphatic carbocycles. The number of primary amides is 1. The summed E-state index contributed by atoms with van der Waals surface area (Å²) in [6.45, 7) is -2.54. The highest BCUT2D eigenvalue weighted by molar-refractivity contribution is 6.28. The highest BCUT2D eigenvalue weighted by atomic mass is 19.1. The number of anilines is 1. The maximum absolute atomic E-state index is 15.7. The van der Waals surface area contributed by atoms with Crippen molar-refractivity contribution in [2.24, 2.45) is 5.73 Å². The number of rotatable bonds is 35. The van der Waals surface area contributed by atoms with Gasteiger partial charge in [-0.2, -0.15) is 0 Å². The summed E-state index contributed by atoms with van der Waals surface area (Å²) in [6, 6.07) is 4.73. The van der Waals surface area contributed by atoms with Gasteiger partial charge in [-0.05, 0) is 73.4 Å². The summed E-state index contributed by atoms with van der Waals surface area (Å²) < 4.78 is 28.5. The van der Waals surface area contributed by atoms with Gasteiger partial charge >= 0.3 is 11.9 Å². The summed E-state index contributed by atoms with van der Waals surface area (Å²) in [5.41, 5.74) is 6.27. The lowest BCUT2D eigenvalue weighted by atomic mass is 9.81. The lowest BCUT2D eigenvalue weighted by Crippen LogP contribution is -2.49. The second-order valence-electron chi connectivity index (χ2n) is 28.7. The second kappa shape index (κ2) is 36.7. The Morgan fingerprint density at radius 3 is 1.56 bits per heavy atom. The van der Waals surface area contributed by atoms with Crippen molar-refractivity contribution >= 4 is 117 Å². The number of nitrogens with two attached hydrogens (primary N) is 1. The van der Waals surface area contributed by atoms with Crippen LogP contribution in [0, 0.1) is 12.7 Å². The first-order chi connectivity index (χ1) is 53.5. The maximum atomic E-state index is 15.7. The summed E-state index contributed by atoms with van der Waals surface area (Å²) in [7, 11) is 12.9. The topological polar surface area (TPSA) is 470 Å².